The maximum Gasteiger partial charge on any atom is 0.250 e. The van der Waals surface area contributed by atoms with Crippen LogP contribution in [-0.2, 0) is 0 Å². The first-order chi connectivity index (χ1) is 6.79. The minimum atomic E-state index is -1.55. The van der Waals surface area contributed by atoms with Gasteiger partial charge in [-0.2, -0.15) is 9.37 Å². The fourth-order valence-corrected chi connectivity index (χ4v) is 1.34. The summed E-state index contributed by atoms with van der Waals surface area (Å²) in [5.74, 6) is 0.456. The number of anilines is 1. The number of nitrogen functional groups attached to an aromatic ring is 1. The van der Waals surface area contributed by atoms with Gasteiger partial charge in [0, 0.05) is 0 Å². The summed E-state index contributed by atoms with van der Waals surface area (Å²) < 4.78 is 25.5. The van der Waals surface area contributed by atoms with Gasteiger partial charge in [0.15, 0.2) is 5.82 Å². The summed E-state index contributed by atoms with van der Waals surface area (Å²) in [4.78, 5) is 3.22. The van der Waals surface area contributed by atoms with Gasteiger partial charge in [0.05, 0.1) is 5.56 Å². The molecular weight excluding hydrogens is 214 g/mol. The van der Waals surface area contributed by atoms with Crippen molar-refractivity contribution >= 4 is 13.9 Å². The van der Waals surface area contributed by atoms with Crippen LogP contribution in [0.2, 0.25) is 19.6 Å². The quantitative estimate of drug-likeness (QED) is 0.418. The predicted octanol–water partition coefficient (Wildman–Crippen LogP) is 2.17. The summed E-state index contributed by atoms with van der Waals surface area (Å²) >= 11 is 0. The van der Waals surface area contributed by atoms with Crippen molar-refractivity contribution in [1.82, 2.24) is 4.98 Å². The Morgan fingerprint density at radius 3 is 2.47 bits per heavy atom. The molecule has 0 aliphatic heterocycles. The summed E-state index contributed by atoms with van der Waals surface area (Å²) in [6.45, 7) is 6.14. The van der Waals surface area contributed by atoms with Crippen molar-refractivity contribution in [3.8, 4) is 11.5 Å². The number of pyridine rings is 1. The molecule has 0 radical (unpaired) electrons. The molecule has 0 aliphatic carbocycles. The molecule has 1 aromatic rings. The normalized spacial score (nSPS) is 10.7. The largest absolute Gasteiger partial charge is 0.383 e. The van der Waals surface area contributed by atoms with Gasteiger partial charge >= 0.3 is 0 Å². The van der Waals surface area contributed by atoms with Gasteiger partial charge in [-0.1, -0.05) is 25.6 Å². The average molecular weight is 226 g/mol. The lowest BCUT2D eigenvalue weighted by atomic mass is 10.2. The highest BCUT2D eigenvalue weighted by molar-refractivity contribution is 6.83. The zero-order chi connectivity index (χ0) is 11.6. The van der Waals surface area contributed by atoms with Gasteiger partial charge in [0.2, 0.25) is 0 Å². The standard InChI is InChI=1S/C10H12F2N2Si/c1-15(2,3)5-4-7-6-8(11)9(12)14-10(7)13/h6H,1-3H3,(H2,13,14). The monoisotopic (exact) mass is 226 g/mol. The van der Waals surface area contributed by atoms with Crippen LogP contribution in [0.1, 0.15) is 5.56 Å². The fraction of sp³-hybridized carbons (Fsp3) is 0.300. The van der Waals surface area contributed by atoms with E-state index in [4.69, 9.17) is 5.73 Å². The number of aromatic nitrogens is 1. The van der Waals surface area contributed by atoms with E-state index in [1.165, 1.54) is 0 Å². The van der Waals surface area contributed by atoms with Gasteiger partial charge in [-0.25, -0.2) is 4.39 Å². The Balaban J connectivity index is 3.15. The molecule has 0 unspecified atom stereocenters. The van der Waals surface area contributed by atoms with Crippen LogP contribution < -0.4 is 5.73 Å². The third-order valence-corrected chi connectivity index (χ3v) is 2.41. The summed E-state index contributed by atoms with van der Waals surface area (Å²) in [7, 11) is -1.55. The van der Waals surface area contributed by atoms with Crippen molar-refractivity contribution < 1.29 is 8.78 Å². The SMILES string of the molecule is C[Si](C)(C)C#Cc1cc(F)c(F)nc1N. The number of rotatable bonds is 0. The first-order valence-corrected chi connectivity index (χ1v) is 7.94. The Kier molecular flexibility index (Phi) is 3.10. The maximum atomic E-state index is 12.8. The first kappa shape index (κ1) is 11.7. The van der Waals surface area contributed by atoms with Crippen molar-refractivity contribution in [2.75, 3.05) is 5.73 Å². The van der Waals surface area contributed by atoms with Gasteiger partial charge in [-0.15, -0.1) is 5.54 Å². The minimum Gasteiger partial charge on any atom is -0.383 e. The second-order valence-electron chi connectivity index (χ2n) is 4.19. The molecule has 0 bridgehead atoms. The van der Waals surface area contributed by atoms with Crippen LogP contribution in [0, 0.1) is 23.2 Å². The number of nitrogens with two attached hydrogens (primary N) is 1. The third-order valence-electron chi connectivity index (χ3n) is 1.53. The van der Waals surface area contributed by atoms with Crippen LogP contribution >= 0.6 is 0 Å². The zero-order valence-electron chi connectivity index (χ0n) is 8.86. The van der Waals surface area contributed by atoms with Crippen molar-refractivity contribution in [2.24, 2.45) is 0 Å². The molecule has 2 N–H and O–H groups in total. The summed E-state index contributed by atoms with van der Waals surface area (Å²) in [5.41, 5.74) is 8.67. The molecule has 0 aliphatic rings. The Hall–Kier alpha value is -1.41. The van der Waals surface area contributed by atoms with Gasteiger partial charge in [0.1, 0.15) is 13.9 Å². The van der Waals surface area contributed by atoms with Gasteiger partial charge < -0.3 is 5.73 Å². The molecule has 1 aromatic heterocycles. The maximum absolute atomic E-state index is 12.8. The molecule has 80 valence electrons. The van der Waals surface area contributed by atoms with Crippen molar-refractivity contribution in [3.63, 3.8) is 0 Å². The van der Waals surface area contributed by atoms with Crippen molar-refractivity contribution in [3.05, 3.63) is 23.4 Å². The highest BCUT2D eigenvalue weighted by atomic mass is 28.3. The second-order valence-corrected chi connectivity index (χ2v) is 8.94. The number of halogens is 2. The molecule has 0 aromatic carbocycles. The van der Waals surface area contributed by atoms with Crippen molar-refractivity contribution in [1.29, 1.82) is 0 Å². The molecule has 2 nitrogen and oxygen atoms in total. The summed E-state index contributed by atoms with van der Waals surface area (Å²) in [6.07, 6.45) is 0. The van der Waals surface area contributed by atoms with E-state index in [1.807, 2.05) is 19.6 Å². The van der Waals surface area contributed by atoms with E-state index in [-0.39, 0.29) is 11.4 Å². The predicted molar refractivity (Wildman–Crippen MR) is 58.8 cm³/mol. The zero-order valence-corrected chi connectivity index (χ0v) is 9.86. The Morgan fingerprint density at radius 2 is 1.93 bits per heavy atom. The first-order valence-electron chi connectivity index (χ1n) is 4.44. The van der Waals surface area contributed by atoms with E-state index in [0.29, 0.717) is 0 Å². The van der Waals surface area contributed by atoms with E-state index in [0.717, 1.165) is 6.07 Å². The molecule has 0 saturated heterocycles. The second kappa shape index (κ2) is 3.99. The Bertz CT molecular complexity index is 441. The van der Waals surface area contributed by atoms with E-state index >= 15 is 0 Å². The smallest absolute Gasteiger partial charge is 0.250 e. The van der Waals surface area contributed by atoms with Crippen LogP contribution in [0.4, 0.5) is 14.6 Å². The summed E-state index contributed by atoms with van der Waals surface area (Å²) in [5, 5.41) is 0. The fourth-order valence-electron chi connectivity index (χ4n) is 0.835. The minimum absolute atomic E-state index is 0.0698. The average Bonchev–Trinajstić information content (AvgIpc) is 2.07. The number of hydrogen-bond donors (Lipinski definition) is 1. The Morgan fingerprint density at radius 1 is 1.33 bits per heavy atom. The van der Waals surface area contributed by atoms with Crippen LogP contribution in [-0.4, -0.2) is 13.1 Å². The molecule has 5 heteroatoms. The molecule has 0 amide bonds. The lowest BCUT2D eigenvalue weighted by molar-refractivity contribution is 0.480. The molecule has 0 fully saturated rings. The molecule has 1 rings (SSSR count). The molecular formula is C10H12F2N2Si. The Labute approximate surface area is 88.5 Å². The lowest BCUT2D eigenvalue weighted by Gasteiger charge is -2.04. The van der Waals surface area contributed by atoms with Crippen molar-refractivity contribution in [2.45, 2.75) is 19.6 Å². The number of hydrogen-bond acceptors (Lipinski definition) is 2. The molecule has 0 atom stereocenters. The topological polar surface area (TPSA) is 38.9 Å². The molecule has 0 saturated carbocycles. The molecule has 0 spiro atoms. The van der Waals surface area contributed by atoms with Gasteiger partial charge in [-0.3, -0.25) is 0 Å². The highest BCUT2D eigenvalue weighted by Crippen LogP contribution is 2.12. The van der Waals surface area contributed by atoms with E-state index < -0.39 is 19.8 Å². The van der Waals surface area contributed by atoms with Gasteiger partial charge in [-0.05, 0) is 6.07 Å². The van der Waals surface area contributed by atoms with E-state index in [1.54, 1.807) is 0 Å². The number of nitrogens with zero attached hydrogens (tertiary/aromatic N) is 1. The highest BCUT2D eigenvalue weighted by Gasteiger charge is 2.10. The van der Waals surface area contributed by atoms with E-state index in [9.17, 15) is 8.78 Å². The van der Waals surface area contributed by atoms with Crippen LogP contribution in [0.15, 0.2) is 6.07 Å². The third kappa shape index (κ3) is 3.33. The van der Waals surface area contributed by atoms with Crippen LogP contribution in [0.3, 0.4) is 0 Å². The summed E-state index contributed by atoms with van der Waals surface area (Å²) in [6, 6.07) is 0.977. The molecule has 1 heterocycles. The van der Waals surface area contributed by atoms with Crippen LogP contribution in [0.25, 0.3) is 0 Å². The lowest BCUT2D eigenvalue weighted by Crippen LogP contribution is -2.16. The van der Waals surface area contributed by atoms with E-state index in [2.05, 4.69) is 16.4 Å². The molecule has 15 heavy (non-hydrogen) atoms. The van der Waals surface area contributed by atoms with Gasteiger partial charge in [0.25, 0.3) is 5.95 Å². The van der Waals surface area contributed by atoms with Crippen LogP contribution in [0.5, 0.6) is 0 Å².